The van der Waals surface area contributed by atoms with Gasteiger partial charge in [-0.1, -0.05) is 48.9 Å². The van der Waals surface area contributed by atoms with Crippen LogP contribution in [0.25, 0.3) is 4.96 Å². The van der Waals surface area contributed by atoms with Gasteiger partial charge >= 0.3 is 0 Å². The summed E-state index contributed by atoms with van der Waals surface area (Å²) < 4.78 is 7.45. The predicted molar refractivity (Wildman–Crippen MR) is 78.5 cm³/mol. The predicted octanol–water partition coefficient (Wildman–Crippen LogP) is 3.54. The van der Waals surface area contributed by atoms with Crippen molar-refractivity contribution < 1.29 is 4.74 Å². The van der Waals surface area contributed by atoms with Crippen LogP contribution in [0.4, 0.5) is 0 Å². The second-order valence-corrected chi connectivity index (χ2v) is 6.07. The minimum absolute atomic E-state index is 0.282. The van der Waals surface area contributed by atoms with Crippen molar-refractivity contribution in [2.75, 3.05) is 0 Å². The Labute approximate surface area is 125 Å². The molecule has 2 heterocycles. The Bertz CT molecular complexity index is 737. The van der Waals surface area contributed by atoms with Crippen LogP contribution in [0.3, 0.4) is 0 Å². The summed E-state index contributed by atoms with van der Waals surface area (Å²) in [5, 5.41) is 14.2. The molecule has 3 rings (SSSR count). The number of benzene rings is 1. The summed E-state index contributed by atoms with van der Waals surface area (Å²) in [6.45, 7) is 4.50. The Morgan fingerprint density at radius 1 is 1.30 bits per heavy atom. The second-order valence-electron chi connectivity index (χ2n) is 4.62. The maximum absolute atomic E-state index is 6.05. The van der Waals surface area contributed by atoms with Crippen molar-refractivity contribution in [3.05, 3.63) is 40.1 Å². The molecule has 0 fully saturated rings. The van der Waals surface area contributed by atoms with Gasteiger partial charge in [0.2, 0.25) is 4.96 Å². The van der Waals surface area contributed by atoms with Gasteiger partial charge in [-0.3, -0.25) is 0 Å². The summed E-state index contributed by atoms with van der Waals surface area (Å²) in [5.41, 5.74) is 0. The van der Waals surface area contributed by atoms with E-state index in [1.807, 2.05) is 18.2 Å². The molecule has 0 aliphatic heterocycles. The first-order valence-corrected chi connectivity index (χ1v) is 7.43. The fourth-order valence-electron chi connectivity index (χ4n) is 1.79. The third kappa shape index (κ3) is 2.48. The molecule has 104 valence electrons. The van der Waals surface area contributed by atoms with E-state index in [4.69, 9.17) is 16.3 Å². The normalized spacial score (nSPS) is 11.4. The average molecular weight is 309 g/mol. The van der Waals surface area contributed by atoms with E-state index in [1.165, 1.54) is 11.3 Å². The van der Waals surface area contributed by atoms with E-state index in [0.29, 0.717) is 17.4 Å². The monoisotopic (exact) mass is 308 g/mol. The average Bonchev–Trinajstić information content (AvgIpc) is 2.96. The summed E-state index contributed by atoms with van der Waals surface area (Å²) >= 11 is 7.52. The lowest BCUT2D eigenvalue weighted by molar-refractivity contribution is 0.304. The van der Waals surface area contributed by atoms with Crippen LogP contribution in [-0.4, -0.2) is 19.8 Å². The molecule has 2 aromatic heterocycles. The van der Waals surface area contributed by atoms with E-state index < -0.39 is 0 Å². The molecule has 5 nitrogen and oxygen atoms in total. The minimum atomic E-state index is 0.282. The molecule has 0 bridgehead atoms. The van der Waals surface area contributed by atoms with Gasteiger partial charge in [0, 0.05) is 5.92 Å². The molecule has 0 N–H and O–H groups in total. The second kappa shape index (κ2) is 5.38. The van der Waals surface area contributed by atoms with Gasteiger partial charge in [0.25, 0.3) is 0 Å². The Kier molecular flexibility index (Phi) is 3.58. The Morgan fingerprint density at radius 2 is 2.10 bits per heavy atom. The fourth-order valence-corrected chi connectivity index (χ4v) is 2.74. The third-order valence-electron chi connectivity index (χ3n) is 2.76. The van der Waals surface area contributed by atoms with Crippen LogP contribution in [0.5, 0.6) is 5.75 Å². The van der Waals surface area contributed by atoms with Crippen LogP contribution in [-0.2, 0) is 6.61 Å². The number of hydrogen-bond acceptors (Lipinski definition) is 5. The zero-order chi connectivity index (χ0) is 14.1. The van der Waals surface area contributed by atoms with E-state index in [0.717, 1.165) is 15.8 Å². The highest BCUT2D eigenvalue weighted by atomic mass is 35.5. The van der Waals surface area contributed by atoms with Gasteiger partial charge in [0.1, 0.15) is 12.4 Å². The summed E-state index contributed by atoms with van der Waals surface area (Å²) in [4.78, 5) is 0.784. The quantitative estimate of drug-likeness (QED) is 0.739. The van der Waals surface area contributed by atoms with Gasteiger partial charge in [0.05, 0.1) is 5.02 Å². The molecular weight excluding hydrogens is 296 g/mol. The molecule has 0 spiro atoms. The van der Waals surface area contributed by atoms with E-state index in [2.05, 4.69) is 29.1 Å². The molecule has 0 saturated carbocycles. The van der Waals surface area contributed by atoms with Crippen molar-refractivity contribution in [3.8, 4) is 5.75 Å². The van der Waals surface area contributed by atoms with Crippen molar-refractivity contribution in [1.29, 1.82) is 0 Å². The van der Waals surface area contributed by atoms with Gasteiger partial charge < -0.3 is 4.74 Å². The summed E-state index contributed by atoms with van der Waals surface area (Å²) in [5.74, 6) is 1.80. The van der Waals surface area contributed by atoms with Gasteiger partial charge in [0.15, 0.2) is 10.8 Å². The standard InChI is InChI=1S/C13H13ClN4OS/c1-8(2)12-15-16-13-18(12)17-11(20-13)7-19-10-6-4-3-5-9(10)14/h3-6,8H,7H2,1-2H3. The van der Waals surface area contributed by atoms with Crippen LogP contribution in [0.2, 0.25) is 5.02 Å². The Balaban J connectivity index is 1.80. The lowest BCUT2D eigenvalue weighted by Gasteiger charge is -2.05. The van der Waals surface area contributed by atoms with Crippen LogP contribution >= 0.6 is 22.9 Å². The number of aromatic nitrogens is 4. The lowest BCUT2D eigenvalue weighted by Crippen LogP contribution is -2.00. The van der Waals surface area contributed by atoms with Crippen molar-refractivity contribution in [1.82, 2.24) is 19.8 Å². The number of ether oxygens (including phenoxy) is 1. The highest BCUT2D eigenvalue weighted by Gasteiger charge is 2.14. The molecule has 0 saturated heterocycles. The van der Waals surface area contributed by atoms with E-state index in [-0.39, 0.29) is 5.92 Å². The summed E-state index contributed by atoms with van der Waals surface area (Å²) in [7, 11) is 0. The molecule has 0 radical (unpaired) electrons. The molecule has 7 heteroatoms. The van der Waals surface area contributed by atoms with Crippen LogP contribution in [0, 0.1) is 0 Å². The molecule has 20 heavy (non-hydrogen) atoms. The van der Waals surface area contributed by atoms with E-state index in [1.54, 1.807) is 10.6 Å². The maximum Gasteiger partial charge on any atom is 0.234 e. The van der Waals surface area contributed by atoms with Crippen molar-refractivity contribution in [2.45, 2.75) is 26.4 Å². The molecule has 1 aromatic carbocycles. The largest absolute Gasteiger partial charge is 0.485 e. The number of rotatable bonds is 4. The number of fused-ring (bicyclic) bond motifs is 1. The van der Waals surface area contributed by atoms with Crippen LogP contribution < -0.4 is 4.74 Å². The first kappa shape index (κ1) is 13.3. The molecule has 0 unspecified atom stereocenters. The molecule has 3 aromatic rings. The lowest BCUT2D eigenvalue weighted by atomic mass is 10.2. The molecule has 0 atom stereocenters. The first-order valence-electron chi connectivity index (χ1n) is 6.23. The molecule has 0 aliphatic carbocycles. The van der Waals surface area contributed by atoms with Crippen molar-refractivity contribution in [2.24, 2.45) is 0 Å². The van der Waals surface area contributed by atoms with E-state index in [9.17, 15) is 0 Å². The molecule has 0 amide bonds. The number of para-hydroxylation sites is 1. The minimum Gasteiger partial charge on any atom is -0.485 e. The smallest absolute Gasteiger partial charge is 0.234 e. The van der Waals surface area contributed by atoms with Crippen LogP contribution in [0.15, 0.2) is 24.3 Å². The summed E-state index contributed by atoms with van der Waals surface area (Å²) in [6.07, 6.45) is 0. The maximum atomic E-state index is 6.05. The fraction of sp³-hybridized carbons (Fsp3) is 0.308. The van der Waals surface area contributed by atoms with Crippen molar-refractivity contribution in [3.63, 3.8) is 0 Å². The van der Waals surface area contributed by atoms with Gasteiger partial charge in [-0.2, -0.15) is 9.61 Å². The number of hydrogen-bond donors (Lipinski definition) is 0. The van der Waals surface area contributed by atoms with Gasteiger partial charge in [-0.25, -0.2) is 0 Å². The Morgan fingerprint density at radius 3 is 2.85 bits per heavy atom. The topological polar surface area (TPSA) is 52.3 Å². The van der Waals surface area contributed by atoms with Crippen molar-refractivity contribution >= 4 is 27.9 Å². The third-order valence-corrected chi connectivity index (χ3v) is 3.95. The molecule has 0 aliphatic rings. The Hall–Kier alpha value is -1.66. The summed E-state index contributed by atoms with van der Waals surface area (Å²) in [6, 6.07) is 7.39. The number of nitrogens with zero attached hydrogens (tertiary/aromatic N) is 4. The highest BCUT2D eigenvalue weighted by Crippen LogP contribution is 2.25. The van der Waals surface area contributed by atoms with E-state index >= 15 is 0 Å². The van der Waals surface area contributed by atoms with Gasteiger partial charge in [-0.05, 0) is 12.1 Å². The first-order chi connectivity index (χ1) is 9.65. The zero-order valence-corrected chi connectivity index (χ0v) is 12.6. The van der Waals surface area contributed by atoms with Gasteiger partial charge in [-0.15, -0.1) is 10.2 Å². The molecular formula is C13H13ClN4OS. The van der Waals surface area contributed by atoms with Crippen LogP contribution in [0.1, 0.15) is 30.6 Å². The highest BCUT2D eigenvalue weighted by molar-refractivity contribution is 7.16. The SMILES string of the molecule is CC(C)c1nnc2sc(COc3ccccc3Cl)nn12. The number of halogens is 1. The zero-order valence-electron chi connectivity index (χ0n) is 11.1.